The SMILES string of the molecule is Cc1ccc(S(=O)/C=C/CCCI)cc1. The standard InChI is InChI=1S/C12H15IOS/c1-11-5-7-12(8-6-11)15(14)10-4-2-3-9-13/h4-8,10H,2-3,9H2,1H3/b10-4+. The van der Waals surface area contributed by atoms with Gasteiger partial charge in [-0.25, -0.2) is 4.21 Å². The molecular formula is C12H15IOS. The second-order valence-corrected chi connectivity index (χ2v) is 5.73. The van der Waals surface area contributed by atoms with Crippen LogP contribution >= 0.6 is 22.6 Å². The molecule has 0 aliphatic rings. The summed E-state index contributed by atoms with van der Waals surface area (Å²) >= 11 is 2.35. The van der Waals surface area contributed by atoms with Gasteiger partial charge in [-0.05, 0) is 36.3 Å². The molecule has 1 unspecified atom stereocenters. The van der Waals surface area contributed by atoms with Gasteiger partial charge in [0.2, 0.25) is 0 Å². The number of alkyl halides is 1. The van der Waals surface area contributed by atoms with E-state index < -0.39 is 10.8 Å². The molecule has 1 aromatic rings. The third kappa shape index (κ3) is 4.93. The highest BCUT2D eigenvalue weighted by atomic mass is 127. The number of aryl methyl sites for hydroxylation is 1. The van der Waals surface area contributed by atoms with Gasteiger partial charge < -0.3 is 0 Å². The molecule has 82 valence electrons. The van der Waals surface area contributed by atoms with E-state index in [1.807, 2.05) is 37.3 Å². The minimum absolute atomic E-state index is 0.881. The van der Waals surface area contributed by atoms with Gasteiger partial charge in [-0.2, -0.15) is 0 Å². The van der Waals surface area contributed by atoms with Gasteiger partial charge in [-0.3, -0.25) is 0 Å². The van der Waals surface area contributed by atoms with Crippen LogP contribution in [-0.2, 0) is 10.8 Å². The Hall–Kier alpha value is -0.160. The van der Waals surface area contributed by atoms with Gasteiger partial charge in [-0.1, -0.05) is 46.4 Å². The molecule has 0 aliphatic carbocycles. The predicted octanol–water partition coefficient (Wildman–Crippen LogP) is 3.83. The van der Waals surface area contributed by atoms with Crippen LogP contribution in [0.5, 0.6) is 0 Å². The van der Waals surface area contributed by atoms with Gasteiger partial charge in [0, 0.05) is 10.3 Å². The van der Waals surface area contributed by atoms with Gasteiger partial charge in [0.1, 0.15) is 0 Å². The lowest BCUT2D eigenvalue weighted by atomic mass is 10.2. The molecule has 0 radical (unpaired) electrons. The highest BCUT2D eigenvalue weighted by Gasteiger charge is 1.97. The zero-order chi connectivity index (χ0) is 11.1. The van der Waals surface area contributed by atoms with E-state index in [0.717, 1.165) is 22.2 Å². The molecular weight excluding hydrogens is 319 g/mol. The van der Waals surface area contributed by atoms with Gasteiger partial charge in [0.25, 0.3) is 0 Å². The van der Waals surface area contributed by atoms with Crippen LogP contribution in [0.4, 0.5) is 0 Å². The fourth-order valence-corrected chi connectivity index (χ4v) is 2.41. The Morgan fingerprint density at radius 3 is 2.60 bits per heavy atom. The summed E-state index contributed by atoms with van der Waals surface area (Å²) in [7, 11) is -0.978. The van der Waals surface area contributed by atoms with E-state index in [-0.39, 0.29) is 0 Å². The maximum Gasteiger partial charge on any atom is 0.0772 e. The topological polar surface area (TPSA) is 17.1 Å². The number of hydrogen-bond acceptors (Lipinski definition) is 1. The number of allylic oxidation sites excluding steroid dienone is 1. The van der Waals surface area contributed by atoms with Gasteiger partial charge in [0.15, 0.2) is 0 Å². The van der Waals surface area contributed by atoms with Gasteiger partial charge in [0.05, 0.1) is 10.8 Å². The predicted molar refractivity (Wildman–Crippen MR) is 74.8 cm³/mol. The van der Waals surface area contributed by atoms with Crippen molar-refractivity contribution in [1.82, 2.24) is 0 Å². The lowest BCUT2D eigenvalue weighted by Crippen LogP contribution is -1.86. The molecule has 0 heterocycles. The third-order valence-electron chi connectivity index (χ3n) is 1.98. The van der Waals surface area contributed by atoms with Crippen LogP contribution in [0.2, 0.25) is 0 Å². The van der Waals surface area contributed by atoms with Crippen LogP contribution in [0, 0.1) is 6.92 Å². The molecule has 0 fully saturated rings. The number of rotatable bonds is 5. The maximum atomic E-state index is 11.7. The summed E-state index contributed by atoms with van der Waals surface area (Å²) in [6, 6.07) is 7.83. The van der Waals surface area contributed by atoms with E-state index in [9.17, 15) is 4.21 Å². The Bertz CT molecular complexity index is 343. The van der Waals surface area contributed by atoms with Crippen molar-refractivity contribution in [3.8, 4) is 0 Å². The average molecular weight is 334 g/mol. The molecule has 15 heavy (non-hydrogen) atoms. The molecule has 0 spiro atoms. The van der Waals surface area contributed by atoms with E-state index in [0.29, 0.717) is 0 Å². The number of halogens is 1. The molecule has 0 aliphatic heterocycles. The monoisotopic (exact) mass is 334 g/mol. The van der Waals surface area contributed by atoms with Crippen molar-refractivity contribution in [2.45, 2.75) is 24.7 Å². The minimum atomic E-state index is -0.978. The quantitative estimate of drug-likeness (QED) is 0.454. The van der Waals surface area contributed by atoms with Crippen LogP contribution in [0.1, 0.15) is 18.4 Å². The molecule has 3 heteroatoms. The van der Waals surface area contributed by atoms with Crippen LogP contribution in [0.3, 0.4) is 0 Å². The first-order chi connectivity index (χ1) is 7.24. The molecule has 0 amide bonds. The normalized spacial score (nSPS) is 13.2. The van der Waals surface area contributed by atoms with E-state index in [1.54, 1.807) is 5.41 Å². The fourth-order valence-electron chi connectivity index (χ4n) is 1.10. The maximum absolute atomic E-state index is 11.7. The van der Waals surface area contributed by atoms with Gasteiger partial charge in [-0.15, -0.1) is 0 Å². The molecule has 0 saturated carbocycles. The lowest BCUT2D eigenvalue weighted by molar-refractivity contribution is 0.688. The summed E-state index contributed by atoms with van der Waals surface area (Å²) in [6.45, 7) is 2.03. The molecule has 1 atom stereocenters. The Labute approximate surface area is 108 Å². The van der Waals surface area contributed by atoms with E-state index in [2.05, 4.69) is 22.6 Å². The molecule has 1 aromatic carbocycles. The smallest absolute Gasteiger partial charge is 0.0772 e. The Morgan fingerprint density at radius 1 is 1.33 bits per heavy atom. The number of hydrogen-bond donors (Lipinski definition) is 0. The van der Waals surface area contributed by atoms with Crippen molar-refractivity contribution < 1.29 is 4.21 Å². The second kappa shape index (κ2) is 7.17. The van der Waals surface area contributed by atoms with E-state index in [4.69, 9.17) is 0 Å². The van der Waals surface area contributed by atoms with Crippen LogP contribution < -0.4 is 0 Å². The largest absolute Gasteiger partial charge is 0.250 e. The Kier molecular flexibility index (Phi) is 6.17. The summed E-state index contributed by atoms with van der Waals surface area (Å²) in [5.74, 6) is 0. The Morgan fingerprint density at radius 2 is 2.00 bits per heavy atom. The first kappa shape index (κ1) is 12.9. The highest BCUT2D eigenvalue weighted by Crippen LogP contribution is 2.09. The van der Waals surface area contributed by atoms with Crippen molar-refractivity contribution >= 4 is 33.4 Å². The fraction of sp³-hybridized carbons (Fsp3) is 0.333. The van der Waals surface area contributed by atoms with Crippen molar-refractivity contribution in [3.05, 3.63) is 41.3 Å². The number of unbranched alkanes of at least 4 members (excludes halogenated alkanes) is 1. The van der Waals surface area contributed by atoms with Gasteiger partial charge >= 0.3 is 0 Å². The first-order valence-corrected chi connectivity index (χ1v) is 7.68. The third-order valence-corrected chi connectivity index (χ3v) is 3.92. The minimum Gasteiger partial charge on any atom is -0.250 e. The van der Waals surface area contributed by atoms with E-state index in [1.165, 1.54) is 5.56 Å². The van der Waals surface area contributed by atoms with Crippen molar-refractivity contribution in [1.29, 1.82) is 0 Å². The summed E-state index contributed by atoms with van der Waals surface area (Å²) in [4.78, 5) is 0.881. The Balaban J connectivity index is 2.53. The summed E-state index contributed by atoms with van der Waals surface area (Å²) in [5.41, 5.74) is 1.20. The highest BCUT2D eigenvalue weighted by molar-refractivity contribution is 14.1. The summed E-state index contributed by atoms with van der Waals surface area (Å²) in [6.07, 6.45) is 4.18. The van der Waals surface area contributed by atoms with Crippen LogP contribution in [0.25, 0.3) is 0 Å². The zero-order valence-corrected chi connectivity index (χ0v) is 11.8. The molecule has 1 nitrogen and oxygen atoms in total. The second-order valence-electron chi connectivity index (χ2n) is 3.31. The van der Waals surface area contributed by atoms with Crippen molar-refractivity contribution in [3.63, 3.8) is 0 Å². The molecule has 1 rings (SSSR count). The molecule has 0 N–H and O–H groups in total. The number of benzene rings is 1. The van der Waals surface area contributed by atoms with Crippen LogP contribution in [0.15, 0.2) is 40.6 Å². The first-order valence-electron chi connectivity index (χ1n) is 4.94. The summed E-state index contributed by atoms with van der Waals surface area (Å²) in [5, 5.41) is 1.79. The van der Waals surface area contributed by atoms with Crippen LogP contribution in [-0.4, -0.2) is 8.64 Å². The van der Waals surface area contributed by atoms with Crippen molar-refractivity contribution in [2.24, 2.45) is 0 Å². The van der Waals surface area contributed by atoms with Crippen molar-refractivity contribution in [2.75, 3.05) is 4.43 Å². The summed E-state index contributed by atoms with van der Waals surface area (Å²) < 4.78 is 12.9. The average Bonchev–Trinajstić information content (AvgIpc) is 2.25. The zero-order valence-electron chi connectivity index (χ0n) is 8.78. The molecule has 0 saturated heterocycles. The molecule has 0 bridgehead atoms. The molecule has 0 aromatic heterocycles. The van der Waals surface area contributed by atoms with E-state index >= 15 is 0 Å². The lowest BCUT2D eigenvalue weighted by Gasteiger charge is -1.97.